The summed E-state index contributed by atoms with van der Waals surface area (Å²) in [6.07, 6.45) is 27.3. The Morgan fingerprint density at radius 2 is 1.76 bits per heavy atom. The van der Waals surface area contributed by atoms with Gasteiger partial charge in [-0.3, -0.25) is 0 Å². The quantitative estimate of drug-likeness (QED) is 0.404. The molecule has 34 heavy (non-hydrogen) atoms. The summed E-state index contributed by atoms with van der Waals surface area (Å²) in [6.45, 7) is 11.0. The second-order valence-corrected chi connectivity index (χ2v) is 18.4. The van der Waals surface area contributed by atoms with Gasteiger partial charge in [-0.25, -0.2) is 0 Å². The monoisotopic (exact) mass is 479 g/mol. The van der Waals surface area contributed by atoms with Gasteiger partial charge in [-0.15, -0.1) is 0 Å². The second kappa shape index (κ2) is 10.5. The third kappa shape index (κ3) is 5.51. The van der Waals surface area contributed by atoms with Gasteiger partial charge in [-0.05, 0) is 101 Å². The third-order valence-corrected chi connectivity index (χ3v) is 12.2. The van der Waals surface area contributed by atoms with Gasteiger partial charge in [-0.2, -0.15) is 0 Å². The van der Waals surface area contributed by atoms with E-state index in [4.69, 9.17) is 4.74 Å². The van der Waals surface area contributed by atoms with Crippen LogP contribution in [0.4, 0.5) is 0 Å². The average molecular weight is 480 g/mol. The van der Waals surface area contributed by atoms with Crippen molar-refractivity contribution in [2.75, 3.05) is 6.54 Å². The zero-order valence-electron chi connectivity index (χ0n) is 22.3. The lowest BCUT2D eigenvalue weighted by molar-refractivity contribution is 0.0152. The van der Waals surface area contributed by atoms with E-state index in [9.17, 15) is 0 Å². The molecule has 7 atom stereocenters. The first-order chi connectivity index (χ1) is 16.4. The highest BCUT2D eigenvalue weighted by Gasteiger charge is 2.38. The zero-order valence-corrected chi connectivity index (χ0v) is 23.3. The summed E-state index contributed by atoms with van der Waals surface area (Å²) in [7, 11) is -1.26. The van der Waals surface area contributed by atoms with Crippen molar-refractivity contribution in [1.29, 1.82) is 0 Å². The van der Waals surface area contributed by atoms with Crippen LogP contribution in [-0.2, 0) is 4.74 Å². The fourth-order valence-corrected chi connectivity index (χ4v) is 9.19. The lowest BCUT2D eigenvalue weighted by Gasteiger charge is -2.45. The Morgan fingerprint density at radius 1 is 0.941 bits per heavy atom. The standard InChI is InChI=1S/C31H49NOSi/c1-22-10-7-16-29(24-13-9-15-28(20-24)34(2,3)4)31(22)33-27-14-8-12-23(19-27)26-18-25-11-5-6-17-30(25)32-21-26/h7,9-10,13,15,23-27,29-30,32H,5-6,8,11-12,14,16-21H2,1-4H3. The molecule has 0 aromatic rings. The second-order valence-electron chi connectivity index (χ2n) is 13.2. The Kier molecular flexibility index (Phi) is 7.61. The molecular weight excluding hydrogens is 430 g/mol. The van der Waals surface area contributed by atoms with E-state index in [-0.39, 0.29) is 0 Å². The maximum Gasteiger partial charge on any atom is 0.103 e. The number of allylic oxidation sites excluding steroid dienone is 8. The van der Waals surface area contributed by atoms with Crippen LogP contribution in [-0.4, -0.2) is 26.8 Å². The van der Waals surface area contributed by atoms with Crippen molar-refractivity contribution >= 4 is 8.07 Å². The predicted octanol–water partition coefficient (Wildman–Crippen LogP) is 7.96. The fourth-order valence-electron chi connectivity index (χ4n) is 7.75. The van der Waals surface area contributed by atoms with Crippen LogP contribution in [0.15, 0.2) is 46.9 Å². The first-order valence-corrected chi connectivity index (χ1v) is 18.0. The molecule has 2 saturated carbocycles. The van der Waals surface area contributed by atoms with E-state index >= 15 is 0 Å². The molecule has 188 valence electrons. The zero-order chi connectivity index (χ0) is 23.7. The van der Waals surface area contributed by atoms with Gasteiger partial charge in [0.25, 0.3) is 0 Å². The summed E-state index contributed by atoms with van der Waals surface area (Å²) in [4.78, 5) is 0. The van der Waals surface area contributed by atoms with Crippen LogP contribution in [0.25, 0.3) is 0 Å². The van der Waals surface area contributed by atoms with Crippen LogP contribution in [0.2, 0.25) is 19.6 Å². The minimum Gasteiger partial charge on any atom is -0.494 e. The lowest BCUT2D eigenvalue weighted by Crippen LogP contribution is -2.49. The van der Waals surface area contributed by atoms with E-state index in [1.807, 2.05) is 0 Å². The first-order valence-electron chi connectivity index (χ1n) is 14.5. The maximum absolute atomic E-state index is 7.02. The molecule has 1 N–H and O–H groups in total. The summed E-state index contributed by atoms with van der Waals surface area (Å²) in [5.41, 5.74) is 1.38. The van der Waals surface area contributed by atoms with Crippen molar-refractivity contribution in [2.24, 2.45) is 29.6 Å². The number of nitrogens with one attached hydrogen (secondary N) is 1. The van der Waals surface area contributed by atoms with Crippen LogP contribution >= 0.6 is 0 Å². The first kappa shape index (κ1) is 24.6. The lowest BCUT2D eigenvalue weighted by atomic mass is 9.69. The van der Waals surface area contributed by atoms with Crippen LogP contribution < -0.4 is 5.32 Å². The molecule has 1 saturated heterocycles. The molecule has 3 fully saturated rings. The van der Waals surface area contributed by atoms with Crippen molar-refractivity contribution in [3.63, 3.8) is 0 Å². The Morgan fingerprint density at radius 3 is 2.62 bits per heavy atom. The highest BCUT2D eigenvalue weighted by Crippen LogP contribution is 2.44. The van der Waals surface area contributed by atoms with E-state index in [2.05, 4.69) is 62.3 Å². The Balaban J connectivity index is 1.24. The van der Waals surface area contributed by atoms with Gasteiger partial charge in [-0.1, -0.05) is 68.1 Å². The topological polar surface area (TPSA) is 21.3 Å². The summed E-state index contributed by atoms with van der Waals surface area (Å²) >= 11 is 0. The van der Waals surface area contributed by atoms with E-state index in [1.54, 1.807) is 5.20 Å². The van der Waals surface area contributed by atoms with Gasteiger partial charge >= 0.3 is 0 Å². The number of hydrogen-bond acceptors (Lipinski definition) is 2. The van der Waals surface area contributed by atoms with Crippen LogP contribution in [0.5, 0.6) is 0 Å². The summed E-state index contributed by atoms with van der Waals surface area (Å²) in [5, 5.41) is 5.69. The predicted molar refractivity (Wildman–Crippen MR) is 147 cm³/mol. The third-order valence-electron chi connectivity index (χ3n) is 9.86. The van der Waals surface area contributed by atoms with E-state index in [1.165, 1.54) is 82.1 Å². The number of hydrogen-bond donors (Lipinski definition) is 1. The van der Waals surface area contributed by atoms with E-state index < -0.39 is 8.07 Å². The van der Waals surface area contributed by atoms with Crippen LogP contribution in [0.3, 0.4) is 0 Å². The van der Waals surface area contributed by atoms with Gasteiger partial charge in [0, 0.05) is 12.0 Å². The minimum atomic E-state index is -1.26. The van der Waals surface area contributed by atoms with Crippen molar-refractivity contribution in [2.45, 2.75) is 109 Å². The highest BCUT2D eigenvalue weighted by atomic mass is 28.3. The highest BCUT2D eigenvalue weighted by molar-refractivity contribution is 6.83. The van der Waals surface area contributed by atoms with Crippen molar-refractivity contribution < 1.29 is 4.74 Å². The molecule has 0 radical (unpaired) electrons. The minimum absolute atomic E-state index is 0.418. The Labute approximate surface area is 210 Å². The molecule has 0 spiro atoms. The average Bonchev–Trinajstić information content (AvgIpc) is 2.85. The summed E-state index contributed by atoms with van der Waals surface area (Å²) < 4.78 is 7.02. The number of ether oxygens (including phenoxy) is 1. The largest absolute Gasteiger partial charge is 0.494 e. The molecule has 1 heterocycles. The molecule has 4 aliphatic carbocycles. The number of piperidine rings is 1. The molecule has 7 unspecified atom stereocenters. The number of rotatable bonds is 5. The van der Waals surface area contributed by atoms with Gasteiger partial charge in [0.1, 0.15) is 5.76 Å². The summed E-state index contributed by atoms with van der Waals surface area (Å²) in [5.74, 6) is 5.09. The maximum atomic E-state index is 7.02. The molecule has 5 rings (SSSR count). The van der Waals surface area contributed by atoms with E-state index in [0.717, 1.165) is 30.2 Å². The van der Waals surface area contributed by atoms with Crippen LogP contribution in [0, 0.1) is 29.6 Å². The van der Waals surface area contributed by atoms with Crippen molar-refractivity contribution in [3.05, 3.63) is 46.9 Å². The molecule has 0 aromatic carbocycles. The van der Waals surface area contributed by atoms with Crippen molar-refractivity contribution in [1.82, 2.24) is 5.32 Å². The molecule has 3 heteroatoms. The molecule has 2 nitrogen and oxygen atoms in total. The van der Waals surface area contributed by atoms with Gasteiger partial charge in [0.15, 0.2) is 0 Å². The fraction of sp³-hybridized carbons (Fsp3) is 0.742. The SMILES string of the molecule is CC1=C(OC2CCCC(C3CNC4CCCCC4C3)C2)C(C2C=CC=C([Si](C)(C)C)C2)CC=C1. The Bertz CT molecular complexity index is 846. The molecule has 0 aromatic heterocycles. The van der Waals surface area contributed by atoms with Gasteiger partial charge in [0.2, 0.25) is 0 Å². The molecular formula is C31H49NOSi. The van der Waals surface area contributed by atoms with Crippen LogP contribution in [0.1, 0.15) is 77.6 Å². The molecule has 0 amide bonds. The number of fused-ring (bicyclic) bond motifs is 1. The van der Waals surface area contributed by atoms with Gasteiger partial charge in [0.05, 0.1) is 14.2 Å². The Hall–Kier alpha value is -1.06. The van der Waals surface area contributed by atoms with Gasteiger partial charge < -0.3 is 10.1 Å². The van der Waals surface area contributed by atoms with E-state index in [0.29, 0.717) is 17.9 Å². The van der Waals surface area contributed by atoms with Crippen molar-refractivity contribution in [3.8, 4) is 0 Å². The normalized spacial score (nSPS) is 38.9. The summed E-state index contributed by atoms with van der Waals surface area (Å²) in [6, 6.07) is 0.821. The molecule has 0 bridgehead atoms. The molecule has 5 aliphatic rings. The smallest absolute Gasteiger partial charge is 0.103 e. The molecule has 1 aliphatic heterocycles.